The second-order valence-electron chi connectivity index (χ2n) is 4.34. The third-order valence-corrected chi connectivity index (χ3v) is 2.84. The first-order valence-corrected chi connectivity index (χ1v) is 6.20. The predicted octanol–water partition coefficient (Wildman–Crippen LogP) is 3.01. The smallest absolute Gasteiger partial charge is 0.253 e. The summed E-state index contributed by atoms with van der Waals surface area (Å²) in [4.78, 5) is 4.06. The summed E-state index contributed by atoms with van der Waals surface area (Å²) in [6.07, 6.45) is -2.79. The molecule has 0 saturated heterocycles. The topological polar surface area (TPSA) is 64.5 Å². The summed E-state index contributed by atoms with van der Waals surface area (Å²) in [5.74, 6) is 0.393. The summed E-state index contributed by atoms with van der Waals surface area (Å²) >= 11 is 0. The number of benzene rings is 1. The van der Waals surface area contributed by atoms with E-state index in [0.717, 1.165) is 12.1 Å². The van der Waals surface area contributed by atoms with Crippen molar-refractivity contribution in [2.75, 3.05) is 0 Å². The van der Waals surface area contributed by atoms with Crippen LogP contribution in [0.4, 0.5) is 13.2 Å². The fourth-order valence-corrected chi connectivity index (χ4v) is 1.75. The van der Waals surface area contributed by atoms with E-state index in [1.807, 2.05) is 0 Å². The Bertz CT molecular complexity index is 755. The Balaban J connectivity index is 1.87. The van der Waals surface area contributed by atoms with Crippen molar-refractivity contribution >= 4 is 0 Å². The number of alkyl halides is 3. The molecule has 0 unspecified atom stereocenters. The summed E-state index contributed by atoms with van der Waals surface area (Å²) in [6.45, 7) is 0. The van der Waals surface area contributed by atoms with E-state index in [1.54, 1.807) is 24.4 Å². The van der Waals surface area contributed by atoms with Crippen LogP contribution >= 0.6 is 0 Å². The van der Waals surface area contributed by atoms with Crippen molar-refractivity contribution < 1.29 is 13.2 Å². The van der Waals surface area contributed by atoms with Gasteiger partial charge in [-0.25, -0.2) is 0 Å². The molecular weight excluding hydrogens is 295 g/mol. The lowest BCUT2D eigenvalue weighted by Gasteiger charge is -2.06. The maximum absolute atomic E-state index is 12.5. The van der Waals surface area contributed by atoms with Gasteiger partial charge in [-0.3, -0.25) is 4.98 Å². The van der Waals surface area contributed by atoms with Gasteiger partial charge in [0.2, 0.25) is 11.6 Å². The molecule has 2 heterocycles. The number of hydrogen-bond donors (Lipinski definition) is 0. The molecule has 3 rings (SSSR count). The van der Waals surface area contributed by atoms with Crippen LogP contribution in [-0.2, 0) is 6.18 Å². The number of hydrogen-bond acceptors (Lipinski definition) is 5. The lowest BCUT2D eigenvalue weighted by molar-refractivity contribution is -0.137. The Kier molecular flexibility index (Phi) is 3.50. The van der Waals surface area contributed by atoms with Crippen LogP contribution in [0.15, 0.2) is 48.7 Å². The van der Waals surface area contributed by atoms with Crippen LogP contribution in [0.1, 0.15) is 5.56 Å². The number of halogens is 3. The molecule has 1 aromatic carbocycles. The Morgan fingerprint density at radius 3 is 1.91 bits per heavy atom. The van der Waals surface area contributed by atoms with E-state index < -0.39 is 11.7 Å². The molecule has 8 heteroatoms. The SMILES string of the molecule is FC(F)(F)c1ccc(-c2nnc(-c3ccccn3)nn2)cc1. The highest BCUT2D eigenvalue weighted by Gasteiger charge is 2.30. The third kappa shape index (κ3) is 2.90. The number of rotatable bonds is 2. The van der Waals surface area contributed by atoms with Crippen molar-refractivity contribution in [3.8, 4) is 22.9 Å². The summed E-state index contributed by atoms with van der Waals surface area (Å²) < 4.78 is 37.5. The van der Waals surface area contributed by atoms with Crippen LogP contribution < -0.4 is 0 Å². The largest absolute Gasteiger partial charge is 0.416 e. The van der Waals surface area contributed by atoms with Gasteiger partial charge in [0, 0.05) is 11.8 Å². The summed E-state index contributed by atoms with van der Waals surface area (Å²) in [5, 5.41) is 15.5. The highest BCUT2D eigenvalue weighted by Crippen LogP contribution is 2.30. The maximum atomic E-state index is 12.5. The minimum atomic E-state index is -4.38. The number of aromatic nitrogens is 5. The second kappa shape index (κ2) is 5.47. The van der Waals surface area contributed by atoms with Crippen molar-refractivity contribution in [2.24, 2.45) is 0 Å². The zero-order chi connectivity index (χ0) is 15.6. The molecule has 0 saturated carbocycles. The van der Waals surface area contributed by atoms with Crippen molar-refractivity contribution in [3.05, 3.63) is 54.2 Å². The Hall–Kier alpha value is -2.90. The molecule has 0 aliphatic carbocycles. The van der Waals surface area contributed by atoms with Crippen molar-refractivity contribution in [2.45, 2.75) is 6.18 Å². The number of pyridine rings is 1. The van der Waals surface area contributed by atoms with Crippen LogP contribution in [0.3, 0.4) is 0 Å². The maximum Gasteiger partial charge on any atom is 0.416 e. The van der Waals surface area contributed by atoms with Crippen molar-refractivity contribution in [1.82, 2.24) is 25.4 Å². The molecule has 3 aromatic rings. The minimum absolute atomic E-state index is 0.147. The zero-order valence-corrected chi connectivity index (χ0v) is 11.0. The Labute approximate surface area is 122 Å². The van der Waals surface area contributed by atoms with Gasteiger partial charge in [0.1, 0.15) is 5.69 Å². The lowest BCUT2D eigenvalue weighted by atomic mass is 10.1. The molecule has 110 valence electrons. The van der Waals surface area contributed by atoms with Gasteiger partial charge in [-0.1, -0.05) is 18.2 Å². The minimum Gasteiger partial charge on any atom is -0.253 e. The summed E-state index contributed by atoms with van der Waals surface area (Å²) in [5.41, 5.74) is 0.185. The molecule has 22 heavy (non-hydrogen) atoms. The van der Waals surface area contributed by atoms with E-state index in [0.29, 0.717) is 11.3 Å². The van der Waals surface area contributed by atoms with E-state index in [1.165, 1.54) is 12.1 Å². The fourth-order valence-electron chi connectivity index (χ4n) is 1.75. The highest BCUT2D eigenvalue weighted by atomic mass is 19.4. The predicted molar refractivity (Wildman–Crippen MR) is 71.3 cm³/mol. The van der Waals surface area contributed by atoms with Gasteiger partial charge in [-0.05, 0) is 24.3 Å². The van der Waals surface area contributed by atoms with E-state index in [2.05, 4.69) is 25.4 Å². The van der Waals surface area contributed by atoms with Gasteiger partial charge in [0.15, 0.2) is 0 Å². The first-order chi connectivity index (χ1) is 10.5. The fraction of sp³-hybridized carbons (Fsp3) is 0.0714. The number of nitrogens with zero attached hydrogens (tertiary/aromatic N) is 5. The van der Waals surface area contributed by atoms with Crippen LogP contribution in [0.5, 0.6) is 0 Å². The quantitative estimate of drug-likeness (QED) is 0.728. The molecule has 0 aliphatic rings. The monoisotopic (exact) mass is 303 g/mol. The van der Waals surface area contributed by atoms with Gasteiger partial charge >= 0.3 is 6.18 Å². The first-order valence-electron chi connectivity index (χ1n) is 6.20. The lowest BCUT2D eigenvalue weighted by Crippen LogP contribution is -2.04. The molecule has 0 fully saturated rings. The standard InChI is InChI=1S/C14H8F3N5/c15-14(16,17)10-6-4-9(5-7-10)12-19-21-13(22-20-12)11-3-1-2-8-18-11/h1-8H. The average Bonchev–Trinajstić information content (AvgIpc) is 2.55. The molecule has 2 aromatic heterocycles. The summed E-state index contributed by atoms with van der Waals surface area (Å²) in [7, 11) is 0. The molecule has 0 N–H and O–H groups in total. The van der Waals surface area contributed by atoms with Gasteiger partial charge < -0.3 is 0 Å². The molecule has 0 spiro atoms. The average molecular weight is 303 g/mol. The normalized spacial score (nSPS) is 11.4. The van der Waals surface area contributed by atoms with Crippen LogP contribution in [0.25, 0.3) is 22.9 Å². The Morgan fingerprint density at radius 2 is 1.36 bits per heavy atom. The molecule has 5 nitrogen and oxygen atoms in total. The molecule has 0 atom stereocenters. The molecule has 0 bridgehead atoms. The van der Waals surface area contributed by atoms with Crippen LogP contribution in [0.2, 0.25) is 0 Å². The van der Waals surface area contributed by atoms with Crippen LogP contribution in [-0.4, -0.2) is 25.4 Å². The highest BCUT2D eigenvalue weighted by molar-refractivity contribution is 5.55. The van der Waals surface area contributed by atoms with Crippen molar-refractivity contribution in [3.63, 3.8) is 0 Å². The van der Waals surface area contributed by atoms with E-state index in [4.69, 9.17) is 0 Å². The first kappa shape index (κ1) is 14.1. The van der Waals surface area contributed by atoms with Gasteiger partial charge in [0.25, 0.3) is 0 Å². The molecular formula is C14H8F3N5. The Morgan fingerprint density at radius 1 is 0.727 bits per heavy atom. The van der Waals surface area contributed by atoms with Crippen LogP contribution in [0, 0.1) is 0 Å². The van der Waals surface area contributed by atoms with Gasteiger partial charge in [-0.15, -0.1) is 20.4 Å². The molecule has 0 amide bonds. The van der Waals surface area contributed by atoms with Gasteiger partial charge in [0.05, 0.1) is 5.56 Å². The van der Waals surface area contributed by atoms with E-state index >= 15 is 0 Å². The van der Waals surface area contributed by atoms with E-state index in [-0.39, 0.29) is 11.6 Å². The van der Waals surface area contributed by atoms with E-state index in [9.17, 15) is 13.2 Å². The summed E-state index contributed by atoms with van der Waals surface area (Å²) in [6, 6.07) is 9.72. The third-order valence-electron chi connectivity index (χ3n) is 2.84. The zero-order valence-electron chi connectivity index (χ0n) is 11.0. The molecule has 0 aliphatic heterocycles. The molecule has 0 radical (unpaired) electrons. The van der Waals surface area contributed by atoms with Crippen molar-refractivity contribution in [1.29, 1.82) is 0 Å². The van der Waals surface area contributed by atoms with Gasteiger partial charge in [-0.2, -0.15) is 13.2 Å². The second-order valence-corrected chi connectivity index (χ2v) is 4.34.